The summed E-state index contributed by atoms with van der Waals surface area (Å²) in [7, 11) is 0. The lowest BCUT2D eigenvalue weighted by Crippen LogP contribution is -1.99. The van der Waals surface area contributed by atoms with Crippen molar-refractivity contribution in [2.45, 2.75) is 0 Å². The number of hydrogen-bond acceptors (Lipinski definition) is 4. The van der Waals surface area contributed by atoms with Crippen LogP contribution in [0.2, 0.25) is 0 Å². The van der Waals surface area contributed by atoms with Gasteiger partial charge in [0.1, 0.15) is 12.1 Å². The Kier molecular flexibility index (Phi) is 8.03. The van der Waals surface area contributed by atoms with Gasteiger partial charge in [0.25, 0.3) is 0 Å². The number of benzene rings is 10. The van der Waals surface area contributed by atoms with Crippen molar-refractivity contribution in [3.8, 4) is 52.5 Å². The maximum Gasteiger partial charge on any atom is 0.101 e. The second-order valence-electron chi connectivity index (χ2n) is 16.9. The minimum Gasteiger partial charge on any atom is -0.309 e. The first-order chi connectivity index (χ1) is 33.1. The molecule has 7 nitrogen and oxygen atoms in total. The van der Waals surface area contributed by atoms with Gasteiger partial charge in [-0.3, -0.25) is 0 Å². The third-order valence-electron chi connectivity index (χ3n) is 13.5. The van der Waals surface area contributed by atoms with Crippen LogP contribution < -0.4 is 0 Å². The van der Waals surface area contributed by atoms with Crippen molar-refractivity contribution in [2.75, 3.05) is 0 Å². The maximum absolute atomic E-state index is 10.3. The summed E-state index contributed by atoms with van der Waals surface area (Å²) in [5.41, 5.74) is 12.6. The SMILES string of the molecule is N#Cc1ccc(-n2c3ccc(-n4c5ccccc5c5cc(-c6cccc7c6ccc6c7c7ccccc7n6-c6ccc(C#N)cc6C#N)ccc54)cc3c3c4ccccc4ccc32)c(C#N)c1. The summed E-state index contributed by atoms with van der Waals surface area (Å²) in [6, 6.07) is 73.5. The Balaban J connectivity index is 1.02. The summed E-state index contributed by atoms with van der Waals surface area (Å²) in [6.07, 6.45) is 0. The van der Waals surface area contributed by atoms with Crippen LogP contribution >= 0.6 is 0 Å². The van der Waals surface area contributed by atoms with Crippen molar-refractivity contribution in [2.24, 2.45) is 0 Å². The first-order valence-corrected chi connectivity index (χ1v) is 21.9. The molecule has 0 fully saturated rings. The lowest BCUT2D eigenvalue weighted by Gasteiger charge is -2.12. The minimum absolute atomic E-state index is 0.438. The summed E-state index contributed by atoms with van der Waals surface area (Å²) in [6.45, 7) is 0. The van der Waals surface area contributed by atoms with Gasteiger partial charge in [0.2, 0.25) is 0 Å². The lowest BCUT2D eigenvalue weighted by molar-refractivity contribution is 1.16. The predicted molar refractivity (Wildman–Crippen MR) is 269 cm³/mol. The topological polar surface area (TPSA) is 110 Å². The fraction of sp³-hybridized carbons (Fsp3) is 0. The first kappa shape index (κ1) is 37.6. The molecule has 3 aromatic heterocycles. The van der Waals surface area contributed by atoms with Gasteiger partial charge in [-0.1, -0.05) is 97.1 Å². The van der Waals surface area contributed by atoms with Gasteiger partial charge in [-0.05, 0) is 124 Å². The second-order valence-corrected chi connectivity index (χ2v) is 16.9. The monoisotopic (exact) mass is 849 g/mol. The highest BCUT2D eigenvalue weighted by Gasteiger charge is 2.22. The molecule has 0 atom stereocenters. The van der Waals surface area contributed by atoms with Crippen LogP contribution in [0.15, 0.2) is 188 Å². The van der Waals surface area contributed by atoms with E-state index in [1.165, 1.54) is 0 Å². The molecule has 0 saturated carbocycles. The molecular formula is C60H31N7. The van der Waals surface area contributed by atoms with Gasteiger partial charge in [0.15, 0.2) is 0 Å². The minimum atomic E-state index is 0.438. The number of para-hydroxylation sites is 2. The summed E-state index contributed by atoms with van der Waals surface area (Å²) >= 11 is 0. The molecule has 67 heavy (non-hydrogen) atoms. The van der Waals surface area contributed by atoms with Crippen molar-refractivity contribution in [3.63, 3.8) is 0 Å². The average molecular weight is 850 g/mol. The molecule has 0 saturated heterocycles. The Morgan fingerprint density at radius 3 is 1.57 bits per heavy atom. The Bertz CT molecular complexity index is 4510. The molecule has 7 heteroatoms. The van der Waals surface area contributed by atoms with Crippen LogP contribution in [0.25, 0.3) is 115 Å². The number of aromatic nitrogens is 3. The van der Waals surface area contributed by atoms with E-state index in [1.54, 1.807) is 24.3 Å². The molecular weight excluding hydrogens is 819 g/mol. The molecule has 0 spiro atoms. The molecule has 0 radical (unpaired) electrons. The van der Waals surface area contributed by atoms with E-state index in [2.05, 4.69) is 184 Å². The summed E-state index contributed by atoms with van der Waals surface area (Å²) in [4.78, 5) is 0. The molecule has 0 bridgehead atoms. The Morgan fingerprint density at radius 2 is 0.866 bits per heavy atom. The highest BCUT2D eigenvalue weighted by molar-refractivity contribution is 6.24. The molecule has 0 unspecified atom stereocenters. The number of hydrogen-bond donors (Lipinski definition) is 0. The maximum atomic E-state index is 10.3. The van der Waals surface area contributed by atoms with Gasteiger partial charge in [-0.25, -0.2) is 0 Å². The van der Waals surface area contributed by atoms with Crippen molar-refractivity contribution < 1.29 is 0 Å². The Labute approximate surface area is 382 Å². The molecule has 10 aromatic carbocycles. The smallest absolute Gasteiger partial charge is 0.101 e. The van der Waals surface area contributed by atoms with Crippen LogP contribution in [0.5, 0.6) is 0 Å². The number of rotatable bonds is 4. The third kappa shape index (κ3) is 5.35. The number of fused-ring (bicyclic) bond motifs is 13. The summed E-state index contributed by atoms with van der Waals surface area (Å²) in [5.74, 6) is 0. The largest absolute Gasteiger partial charge is 0.309 e. The lowest BCUT2D eigenvalue weighted by atomic mass is 9.94. The molecule has 0 amide bonds. The fourth-order valence-electron chi connectivity index (χ4n) is 10.7. The van der Waals surface area contributed by atoms with E-state index in [0.29, 0.717) is 22.3 Å². The molecule has 13 aromatic rings. The normalized spacial score (nSPS) is 11.5. The Morgan fingerprint density at radius 1 is 0.313 bits per heavy atom. The third-order valence-corrected chi connectivity index (χ3v) is 13.5. The van der Waals surface area contributed by atoms with Gasteiger partial charge in [0.05, 0.1) is 78.9 Å². The van der Waals surface area contributed by atoms with E-state index in [-0.39, 0.29) is 0 Å². The number of nitriles is 4. The van der Waals surface area contributed by atoms with Crippen molar-refractivity contribution >= 4 is 87.0 Å². The summed E-state index contributed by atoms with van der Waals surface area (Å²) < 4.78 is 6.65. The molecule has 0 aliphatic heterocycles. The van der Waals surface area contributed by atoms with E-state index in [0.717, 1.165) is 115 Å². The van der Waals surface area contributed by atoms with Gasteiger partial charge in [-0.2, -0.15) is 21.0 Å². The van der Waals surface area contributed by atoms with E-state index < -0.39 is 0 Å². The van der Waals surface area contributed by atoms with Crippen LogP contribution in [0.3, 0.4) is 0 Å². The number of nitrogens with zero attached hydrogens (tertiary/aromatic N) is 7. The van der Waals surface area contributed by atoms with Crippen LogP contribution in [-0.4, -0.2) is 13.7 Å². The van der Waals surface area contributed by atoms with Crippen molar-refractivity contribution in [3.05, 3.63) is 210 Å². The van der Waals surface area contributed by atoms with Gasteiger partial charge < -0.3 is 13.7 Å². The zero-order valence-corrected chi connectivity index (χ0v) is 35.5. The zero-order chi connectivity index (χ0) is 44.9. The molecule has 0 aliphatic rings. The van der Waals surface area contributed by atoms with Crippen LogP contribution in [0.1, 0.15) is 22.3 Å². The molecule has 13 rings (SSSR count). The van der Waals surface area contributed by atoms with Crippen molar-refractivity contribution in [1.29, 1.82) is 21.0 Å². The van der Waals surface area contributed by atoms with E-state index in [4.69, 9.17) is 0 Å². The molecule has 0 aliphatic carbocycles. The standard InChI is InChI=1S/C60H31N7/c61-32-36-16-22-51(40(28-36)34-63)66-54-15-6-4-11-48(54)60-47-13-7-12-43(45(47)21-27-58(60)66)39-19-24-55-49(30-39)46-10-3-5-14-53(46)65(55)42-20-26-56-50(31-42)59-44-9-2-1-8-38(44)18-25-57(59)67(56)52-23-17-37(33-62)29-41(52)35-64/h1-31H. The highest BCUT2D eigenvalue weighted by Crippen LogP contribution is 2.44. The zero-order valence-electron chi connectivity index (χ0n) is 35.5. The fourth-order valence-corrected chi connectivity index (χ4v) is 10.7. The first-order valence-electron chi connectivity index (χ1n) is 21.9. The van der Waals surface area contributed by atoms with Crippen LogP contribution in [0, 0.1) is 45.3 Å². The van der Waals surface area contributed by atoms with E-state index >= 15 is 0 Å². The molecule has 3 heterocycles. The van der Waals surface area contributed by atoms with Gasteiger partial charge >= 0.3 is 0 Å². The molecule has 0 N–H and O–H groups in total. The Hall–Kier alpha value is -9.92. The summed E-state index contributed by atoms with van der Waals surface area (Å²) in [5, 5.41) is 50.9. The highest BCUT2D eigenvalue weighted by atomic mass is 15.0. The van der Waals surface area contributed by atoms with E-state index in [9.17, 15) is 21.0 Å². The van der Waals surface area contributed by atoms with Gasteiger partial charge in [-0.15, -0.1) is 0 Å². The van der Waals surface area contributed by atoms with Gasteiger partial charge in [0, 0.05) is 38.0 Å². The molecule has 306 valence electrons. The van der Waals surface area contributed by atoms with Crippen LogP contribution in [-0.2, 0) is 0 Å². The second kappa shape index (κ2) is 14.3. The van der Waals surface area contributed by atoms with Crippen molar-refractivity contribution in [1.82, 2.24) is 13.7 Å². The predicted octanol–water partition coefficient (Wildman–Crippen LogP) is 14.4. The quantitative estimate of drug-likeness (QED) is 0.176. The van der Waals surface area contributed by atoms with E-state index in [1.807, 2.05) is 18.2 Å². The van der Waals surface area contributed by atoms with Crippen LogP contribution in [0.4, 0.5) is 0 Å². The average Bonchev–Trinajstić information content (AvgIpc) is 4.03.